The van der Waals surface area contributed by atoms with Gasteiger partial charge in [-0.15, -0.1) is 0 Å². The molecule has 1 unspecified atom stereocenters. The minimum atomic E-state index is -0.212. The zero-order valence-electron chi connectivity index (χ0n) is 21.5. The van der Waals surface area contributed by atoms with Crippen LogP contribution in [-0.4, -0.2) is 48.4 Å². The van der Waals surface area contributed by atoms with Crippen molar-refractivity contribution in [3.05, 3.63) is 70.1 Å². The van der Waals surface area contributed by atoms with E-state index in [-0.39, 0.29) is 17.3 Å². The fraction of sp³-hybridized carbons (Fsp3) is 0.423. The number of nitrogens with zero attached hydrogens (tertiary/aromatic N) is 3. The first-order chi connectivity index (χ1) is 16.0. The molecule has 1 N–H and O–H groups in total. The summed E-state index contributed by atoms with van der Waals surface area (Å²) in [6.07, 6.45) is 0. The third-order valence-corrected chi connectivity index (χ3v) is 5.82. The first kappa shape index (κ1) is 25.7. The normalized spacial score (nSPS) is 12.6. The Morgan fingerprint density at radius 2 is 1.79 bits per heavy atom. The summed E-state index contributed by atoms with van der Waals surface area (Å²) in [4.78, 5) is 24.8. The van der Waals surface area contributed by atoms with Gasteiger partial charge in [-0.3, -0.25) is 9.63 Å². The third kappa shape index (κ3) is 6.33. The molecule has 1 heterocycles. The molecule has 34 heavy (non-hydrogen) atoms. The monoisotopic (exact) mass is 462 g/mol. The van der Waals surface area contributed by atoms with Gasteiger partial charge in [-0.2, -0.15) is 10.5 Å². The maximum absolute atomic E-state index is 12.9. The van der Waals surface area contributed by atoms with Crippen molar-refractivity contribution in [3.63, 3.8) is 0 Å². The van der Waals surface area contributed by atoms with E-state index in [2.05, 4.69) is 48.5 Å². The van der Waals surface area contributed by atoms with Crippen LogP contribution in [0.5, 0.6) is 0 Å². The Labute approximate surface area is 203 Å². The number of hydroxylamine groups is 1. The molecule has 0 aliphatic rings. The number of hydrogen-bond acceptors (Lipinski definition) is 6. The molecule has 0 spiro atoms. The molecule has 0 saturated carbocycles. The number of aryl methyl sites for hydroxylation is 3. The Morgan fingerprint density at radius 3 is 2.41 bits per heavy atom. The largest absolute Gasteiger partial charge is 0.340 e. The highest BCUT2D eigenvalue weighted by Crippen LogP contribution is 2.22. The van der Waals surface area contributed by atoms with E-state index in [4.69, 9.17) is 9.36 Å². The van der Waals surface area contributed by atoms with Crippen LogP contribution in [0, 0.1) is 20.8 Å². The van der Waals surface area contributed by atoms with E-state index in [9.17, 15) is 4.79 Å². The Kier molecular flexibility index (Phi) is 7.95. The number of aromatic nitrogens is 2. The number of benzene rings is 2. The fourth-order valence-corrected chi connectivity index (χ4v) is 3.60. The molecule has 3 aromatic rings. The van der Waals surface area contributed by atoms with Crippen LogP contribution in [0.15, 0.2) is 40.9 Å². The first-order valence-corrected chi connectivity index (χ1v) is 11.6. The average molecular weight is 462 g/mol. The Hall–Kier alpha value is -2.97. The molecule has 0 bridgehead atoms. The van der Waals surface area contributed by atoms with E-state index in [1.807, 2.05) is 40.8 Å². The smallest absolute Gasteiger partial charge is 0.253 e. The van der Waals surface area contributed by atoms with Gasteiger partial charge in [-0.1, -0.05) is 43.3 Å². The van der Waals surface area contributed by atoms with Crippen molar-refractivity contribution in [1.29, 1.82) is 0 Å². The van der Waals surface area contributed by atoms with E-state index < -0.39 is 0 Å². The summed E-state index contributed by atoms with van der Waals surface area (Å²) in [6.45, 7) is 13.3. The van der Waals surface area contributed by atoms with Crippen molar-refractivity contribution in [2.24, 2.45) is 0 Å². The molecule has 0 radical (unpaired) electrons. The maximum atomic E-state index is 12.9. The second kappa shape index (κ2) is 10.5. The topological polar surface area (TPSA) is 80.5 Å². The lowest BCUT2D eigenvalue weighted by Gasteiger charge is -2.22. The quantitative estimate of drug-likeness (QED) is 0.386. The number of rotatable bonds is 9. The van der Waals surface area contributed by atoms with Crippen LogP contribution < -0.4 is 5.48 Å². The van der Waals surface area contributed by atoms with Crippen molar-refractivity contribution in [3.8, 4) is 11.4 Å². The number of nitrogens with one attached hydrogen (secondary N) is 1. The second-order valence-corrected chi connectivity index (χ2v) is 10.1. The molecule has 1 atom stereocenters. The van der Waals surface area contributed by atoms with Gasteiger partial charge in [-0.25, -0.2) is 0 Å². The lowest BCUT2D eigenvalue weighted by molar-refractivity contribution is 0.00159. The highest BCUT2D eigenvalue weighted by Gasteiger charge is 2.22. The van der Waals surface area contributed by atoms with Gasteiger partial charge in [0.05, 0.1) is 6.61 Å². The molecule has 3 rings (SSSR count). The number of hydrogen-bond donors (Lipinski definition) is 1. The molecular formula is C26H35BN4O3. The van der Waals surface area contributed by atoms with Crippen LogP contribution in [0.1, 0.15) is 59.3 Å². The summed E-state index contributed by atoms with van der Waals surface area (Å²) in [7, 11) is 3.81. The minimum Gasteiger partial charge on any atom is -0.340 e. The maximum Gasteiger partial charge on any atom is 0.253 e. The van der Waals surface area contributed by atoms with Gasteiger partial charge in [0.15, 0.2) is 0 Å². The van der Waals surface area contributed by atoms with Crippen molar-refractivity contribution in [2.45, 2.75) is 59.5 Å². The summed E-state index contributed by atoms with van der Waals surface area (Å²) in [5.74, 6) is 1.04. The predicted molar refractivity (Wildman–Crippen MR) is 136 cm³/mol. The minimum absolute atomic E-state index is 0.0322. The van der Waals surface area contributed by atoms with E-state index >= 15 is 0 Å². The summed E-state index contributed by atoms with van der Waals surface area (Å²) in [5, 5.41) is 3.85. The highest BCUT2D eigenvalue weighted by molar-refractivity contribution is 6.14. The summed E-state index contributed by atoms with van der Waals surface area (Å²) in [5.41, 5.74) is 9.36. The molecule has 0 saturated heterocycles. The van der Waals surface area contributed by atoms with Gasteiger partial charge in [0.1, 0.15) is 7.85 Å². The van der Waals surface area contributed by atoms with E-state index in [0.717, 1.165) is 11.1 Å². The van der Waals surface area contributed by atoms with Gasteiger partial charge in [-0.05, 0) is 62.1 Å². The molecule has 0 aliphatic heterocycles. The Bertz CT molecular complexity index is 1140. The first-order valence-electron chi connectivity index (χ1n) is 11.6. The van der Waals surface area contributed by atoms with Gasteiger partial charge >= 0.3 is 0 Å². The van der Waals surface area contributed by atoms with Crippen molar-refractivity contribution >= 4 is 13.8 Å². The van der Waals surface area contributed by atoms with Crippen LogP contribution in [0.3, 0.4) is 0 Å². The standard InChI is InChI=1S/C26H35BN4O3/c1-16-12-18(3)22(13-17(16)2)15-33-29-19(4)14-31(7)24(32)21-10-8-20(9-11-21)23-28-25(34-30-23)26(5,6)27/h8-13,19,29H,14-15,27H2,1-7H3. The summed E-state index contributed by atoms with van der Waals surface area (Å²) in [6, 6.07) is 11.6. The predicted octanol–water partition coefficient (Wildman–Crippen LogP) is 3.71. The molecule has 180 valence electrons. The van der Waals surface area contributed by atoms with E-state index in [1.54, 1.807) is 24.1 Å². The van der Waals surface area contributed by atoms with Crippen LogP contribution in [0.2, 0.25) is 0 Å². The van der Waals surface area contributed by atoms with Crippen molar-refractivity contribution in [2.75, 3.05) is 13.6 Å². The molecule has 7 nitrogen and oxygen atoms in total. The van der Waals surface area contributed by atoms with E-state index in [1.165, 1.54) is 16.7 Å². The zero-order valence-corrected chi connectivity index (χ0v) is 21.5. The summed E-state index contributed by atoms with van der Waals surface area (Å²) >= 11 is 0. The Morgan fingerprint density at radius 1 is 1.15 bits per heavy atom. The van der Waals surface area contributed by atoms with Crippen LogP contribution in [0.25, 0.3) is 11.4 Å². The van der Waals surface area contributed by atoms with E-state index in [0.29, 0.717) is 30.4 Å². The van der Waals surface area contributed by atoms with Crippen LogP contribution >= 0.6 is 0 Å². The van der Waals surface area contributed by atoms with Gasteiger partial charge in [0, 0.05) is 36.1 Å². The number of likely N-dealkylation sites (N-methyl/N-ethyl adjacent to an activating group) is 1. The molecule has 0 fully saturated rings. The molecule has 2 aromatic carbocycles. The average Bonchev–Trinajstić information content (AvgIpc) is 3.28. The molecular weight excluding hydrogens is 427 g/mol. The second-order valence-electron chi connectivity index (χ2n) is 10.1. The lowest BCUT2D eigenvalue weighted by Crippen LogP contribution is -2.40. The molecule has 1 amide bonds. The fourth-order valence-electron chi connectivity index (χ4n) is 3.60. The zero-order chi connectivity index (χ0) is 25.0. The number of carbonyl (C=O) groups is 1. The van der Waals surface area contributed by atoms with Gasteiger partial charge in [0.2, 0.25) is 11.7 Å². The highest BCUT2D eigenvalue weighted by atomic mass is 16.6. The Balaban J connectivity index is 1.52. The lowest BCUT2D eigenvalue weighted by atomic mass is 9.72. The molecule has 8 heteroatoms. The molecule has 1 aromatic heterocycles. The van der Waals surface area contributed by atoms with Crippen molar-refractivity contribution < 1.29 is 14.2 Å². The van der Waals surface area contributed by atoms with Crippen molar-refractivity contribution in [1.82, 2.24) is 20.5 Å². The number of amides is 1. The van der Waals surface area contributed by atoms with Crippen LogP contribution in [0.4, 0.5) is 0 Å². The SMILES string of the molecule is BC(C)(C)c1nc(-c2ccc(C(=O)N(C)CC(C)NOCc3cc(C)c(C)cc3C)cc2)no1. The third-order valence-electron chi connectivity index (χ3n) is 5.82. The number of carbonyl (C=O) groups excluding carboxylic acids is 1. The molecule has 0 aliphatic carbocycles. The summed E-state index contributed by atoms with van der Waals surface area (Å²) < 4.78 is 5.37. The van der Waals surface area contributed by atoms with Gasteiger partial charge < -0.3 is 9.42 Å². The van der Waals surface area contributed by atoms with Crippen LogP contribution in [-0.2, 0) is 16.8 Å². The van der Waals surface area contributed by atoms with Gasteiger partial charge in [0.25, 0.3) is 5.91 Å².